The zero-order valence-corrected chi connectivity index (χ0v) is 16.6. The van der Waals surface area contributed by atoms with Gasteiger partial charge in [0.2, 0.25) is 17.7 Å². The van der Waals surface area contributed by atoms with E-state index in [-0.39, 0.29) is 35.5 Å². The van der Waals surface area contributed by atoms with Crippen molar-refractivity contribution in [3.63, 3.8) is 0 Å². The Hall–Kier alpha value is -2.70. The predicted molar refractivity (Wildman–Crippen MR) is 103 cm³/mol. The van der Waals surface area contributed by atoms with E-state index in [9.17, 15) is 19.2 Å². The van der Waals surface area contributed by atoms with Crippen LogP contribution in [-0.2, 0) is 20.9 Å². The summed E-state index contributed by atoms with van der Waals surface area (Å²) in [5, 5.41) is 2.56. The zero-order valence-electron chi connectivity index (χ0n) is 16.6. The third kappa shape index (κ3) is 3.66. The standard InChI is InChI=1S/C21H27N3O4/c1-13(24-20(27)16-6-4-5-7-17(16)21(24)28)19(26)23(3)12-14-8-10-15(11-9-14)18(25)22-2/h8-11,13,16-17H,4-7,12H2,1-3H3,(H,22,25)/t13-,16-,17+/m0/s1. The Morgan fingerprint density at radius 1 is 1.11 bits per heavy atom. The average Bonchev–Trinajstić information content (AvgIpc) is 2.97. The van der Waals surface area contributed by atoms with Crippen LogP contribution in [0.3, 0.4) is 0 Å². The van der Waals surface area contributed by atoms with Crippen LogP contribution in [0.15, 0.2) is 24.3 Å². The molecule has 4 amide bonds. The summed E-state index contributed by atoms with van der Waals surface area (Å²) in [5.41, 5.74) is 1.41. The van der Waals surface area contributed by atoms with Crippen molar-refractivity contribution in [3.05, 3.63) is 35.4 Å². The molecule has 2 aliphatic rings. The van der Waals surface area contributed by atoms with Gasteiger partial charge < -0.3 is 10.2 Å². The van der Waals surface area contributed by atoms with Gasteiger partial charge in [0.15, 0.2) is 0 Å². The van der Waals surface area contributed by atoms with E-state index >= 15 is 0 Å². The number of likely N-dealkylation sites (tertiary alicyclic amines) is 1. The van der Waals surface area contributed by atoms with Gasteiger partial charge in [0.05, 0.1) is 11.8 Å². The Labute approximate surface area is 165 Å². The number of amides is 4. The number of carbonyl (C=O) groups is 4. The lowest BCUT2D eigenvalue weighted by Crippen LogP contribution is -2.48. The van der Waals surface area contributed by atoms with Gasteiger partial charge in [0, 0.05) is 26.2 Å². The first-order valence-corrected chi connectivity index (χ1v) is 9.78. The first kappa shape index (κ1) is 20.0. The summed E-state index contributed by atoms with van der Waals surface area (Å²) in [4.78, 5) is 52.6. The second kappa shape index (κ2) is 8.12. The molecular weight excluding hydrogens is 358 g/mol. The molecule has 3 atom stereocenters. The molecule has 28 heavy (non-hydrogen) atoms. The van der Waals surface area contributed by atoms with E-state index < -0.39 is 6.04 Å². The van der Waals surface area contributed by atoms with Gasteiger partial charge in [-0.3, -0.25) is 24.1 Å². The van der Waals surface area contributed by atoms with Crippen LogP contribution in [0.5, 0.6) is 0 Å². The number of imide groups is 1. The number of rotatable bonds is 5. The van der Waals surface area contributed by atoms with Gasteiger partial charge in [-0.25, -0.2) is 0 Å². The van der Waals surface area contributed by atoms with Crippen LogP contribution >= 0.6 is 0 Å². The number of nitrogens with zero attached hydrogens (tertiary/aromatic N) is 2. The van der Waals surface area contributed by atoms with Crippen molar-refractivity contribution in [2.24, 2.45) is 11.8 Å². The second-order valence-corrected chi connectivity index (χ2v) is 7.69. The number of likely N-dealkylation sites (N-methyl/N-ethyl adjacent to an activating group) is 1. The van der Waals surface area contributed by atoms with Crippen LogP contribution in [0.1, 0.15) is 48.5 Å². The van der Waals surface area contributed by atoms with E-state index in [1.165, 1.54) is 9.80 Å². The van der Waals surface area contributed by atoms with Gasteiger partial charge in [0.1, 0.15) is 6.04 Å². The highest BCUT2D eigenvalue weighted by atomic mass is 16.2. The first-order valence-electron chi connectivity index (χ1n) is 9.78. The van der Waals surface area contributed by atoms with Crippen molar-refractivity contribution in [2.45, 2.75) is 45.2 Å². The minimum atomic E-state index is -0.805. The van der Waals surface area contributed by atoms with Gasteiger partial charge in [0.25, 0.3) is 5.91 Å². The summed E-state index contributed by atoms with van der Waals surface area (Å²) in [6.45, 7) is 1.96. The maximum absolute atomic E-state index is 12.9. The van der Waals surface area contributed by atoms with Crippen molar-refractivity contribution in [3.8, 4) is 0 Å². The van der Waals surface area contributed by atoms with Crippen molar-refractivity contribution in [1.82, 2.24) is 15.1 Å². The van der Waals surface area contributed by atoms with Crippen molar-refractivity contribution in [1.29, 1.82) is 0 Å². The Kier molecular flexibility index (Phi) is 5.82. The largest absolute Gasteiger partial charge is 0.355 e. The SMILES string of the molecule is CNC(=O)c1ccc(CN(C)C(=O)[C@H](C)N2C(=O)[C@H]3CCCC[C@H]3C2=O)cc1. The third-order valence-electron chi connectivity index (χ3n) is 5.86. The number of carbonyl (C=O) groups excluding carboxylic acids is 4. The molecule has 3 rings (SSSR count). The van der Waals surface area contributed by atoms with E-state index in [1.807, 2.05) is 0 Å². The highest BCUT2D eigenvalue weighted by Gasteiger charge is 2.51. The molecule has 150 valence electrons. The molecule has 0 unspecified atom stereocenters. The Morgan fingerprint density at radius 2 is 1.64 bits per heavy atom. The second-order valence-electron chi connectivity index (χ2n) is 7.69. The van der Waals surface area contributed by atoms with Gasteiger partial charge in [-0.1, -0.05) is 25.0 Å². The number of fused-ring (bicyclic) bond motifs is 1. The molecule has 0 bridgehead atoms. The summed E-state index contributed by atoms with van der Waals surface area (Å²) in [5.74, 6) is -1.33. The molecule has 1 heterocycles. The molecule has 1 aromatic rings. The minimum Gasteiger partial charge on any atom is -0.355 e. The lowest BCUT2D eigenvalue weighted by molar-refractivity contribution is -0.150. The van der Waals surface area contributed by atoms with Gasteiger partial charge in [-0.2, -0.15) is 0 Å². The maximum Gasteiger partial charge on any atom is 0.251 e. The smallest absolute Gasteiger partial charge is 0.251 e. The van der Waals surface area contributed by atoms with Crippen LogP contribution in [0.25, 0.3) is 0 Å². The predicted octanol–water partition coefficient (Wildman–Crippen LogP) is 1.57. The normalized spacial score (nSPS) is 22.6. The molecule has 7 nitrogen and oxygen atoms in total. The number of benzene rings is 1. The minimum absolute atomic E-state index is 0.169. The molecule has 1 aromatic carbocycles. The summed E-state index contributed by atoms with van der Waals surface area (Å²) < 4.78 is 0. The third-order valence-corrected chi connectivity index (χ3v) is 5.86. The van der Waals surface area contributed by atoms with E-state index in [4.69, 9.17) is 0 Å². The number of nitrogens with one attached hydrogen (secondary N) is 1. The summed E-state index contributed by atoms with van der Waals surface area (Å²) in [6.07, 6.45) is 3.39. The van der Waals surface area contributed by atoms with Crippen LogP contribution < -0.4 is 5.32 Å². The lowest BCUT2D eigenvalue weighted by atomic mass is 9.81. The summed E-state index contributed by atoms with van der Waals surface area (Å²) in [7, 11) is 3.23. The molecule has 0 spiro atoms. The van der Waals surface area contributed by atoms with Crippen LogP contribution in [0, 0.1) is 11.8 Å². The molecule has 1 aliphatic carbocycles. The Bertz CT molecular complexity index is 765. The zero-order chi connectivity index (χ0) is 20.4. The van der Waals surface area contributed by atoms with Crippen LogP contribution in [-0.4, -0.2) is 53.6 Å². The molecule has 7 heteroatoms. The monoisotopic (exact) mass is 385 g/mol. The van der Waals surface area contributed by atoms with E-state index in [0.717, 1.165) is 31.2 Å². The Morgan fingerprint density at radius 3 is 2.14 bits per heavy atom. The van der Waals surface area contributed by atoms with Crippen LogP contribution in [0.4, 0.5) is 0 Å². The van der Waals surface area contributed by atoms with Crippen molar-refractivity contribution < 1.29 is 19.2 Å². The quantitative estimate of drug-likeness (QED) is 0.780. The van der Waals surface area contributed by atoms with Gasteiger partial charge in [-0.05, 0) is 37.5 Å². The van der Waals surface area contributed by atoms with Gasteiger partial charge in [-0.15, -0.1) is 0 Å². The fourth-order valence-electron chi connectivity index (χ4n) is 4.26. The fourth-order valence-corrected chi connectivity index (χ4v) is 4.26. The lowest BCUT2D eigenvalue weighted by Gasteiger charge is -2.27. The summed E-state index contributed by atoms with van der Waals surface area (Å²) in [6, 6.07) is 6.18. The fraction of sp³-hybridized carbons (Fsp3) is 0.524. The highest BCUT2D eigenvalue weighted by molar-refractivity contribution is 6.08. The number of hydrogen-bond donors (Lipinski definition) is 1. The van der Waals surface area contributed by atoms with Crippen molar-refractivity contribution >= 4 is 23.6 Å². The molecular formula is C21H27N3O4. The molecule has 0 radical (unpaired) electrons. The first-order chi connectivity index (χ1) is 13.3. The molecule has 2 fully saturated rings. The Balaban J connectivity index is 1.66. The van der Waals surface area contributed by atoms with Crippen LogP contribution in [0.2, 0.25) is 0 Å². The summed E-state index contributed by atoms with van der Waals surface area (Å²) >= 11 is 0. The van der Waals surface area contributed by atoms with E-state index in [1.54, 1.807) is 45.3 Å². The molecule has 1 aliphatic heterocycles. The average molecular weight is 385 g/mol. The number of hydrogen-bond acceptors (Lipinski definition) is 4. The van der Waals surface area contributed by atoms with Crippen molar-refractivity contribution in [2.75, 3.05) is 14.1 Å². The maximum atomic E-state index is 12.9. The van der Waals surface area contributed by atoms with E-state index in [0.29, 0.717) is 12.1 Å². The molecule has 1 saturated carbocycles. The highest BCUT2D eigenvalue weighted by Crippen LogP contribution is 2.39. The molecule has 1 saturated heterocycles. The topological polar surface area (TPSA) is 86.8 Å². The van der Waals surface area contributed by atoms with E-state index in [2.05, 4.69) is 5.32 Å². The van der Waals surface area contributed by atoms with Gasteiger partial charge >= 0.3 is 0 Å². The molecule has 0 aromatic heterocycles. The molecule has 1 N–H and O–H groups in total.